The molecule has 3 nitrogen and oxygen atoms in total. The van der Waals surface area contributed by atoms with E-state index < -0.39 is 0 Å². The number of nitrogens with zero attached hydrogens (tertiary/aromatic N) is 1. The first-order valence-electron chi connectivity index (χ1n) is 18.7. The predicted molar refractivity (Wildman–Crippen MR) is 229 cm³/mol. The van der Waals surface area contributed by atoms with E-state index in [2.05, 4.69) is 187 Å². The molecule has 11 rings (SSSR count). The minimum absolute atomic E-state index is 0.849. The first-order chi connectivity index (χ1) is 27.3. The highest BCUT2D eigenvalue weighted by atomic mass is 16.3. The van der Waals surface area contributed by atoms with E-state index in [0.717, 1.165) is 88.8 Å². The third-order valence-corrected chi connectivity index (χ3v) is 10.8. The molecule has 11 aromatic rings. The van der Waals surface area contributed by atoms with Crippen molar-refractivity contribution in [3.63, 3.8) is 0 Å². The average Bonchev–Trinajstić information content (AvgIpc) is 3.83. The van der Waals surface area contributed by atoms with Crippen LogP contribution in [0.3, 0.4) is 0 Å². The van der Waals surface area contributed by atoms with Crippen LogP contribution in [0.2, 0.25) is 0 Å². The summed E-state index contributed by atoms with van der Waals surface area (Å²) < 4.78 is 12.8. The molecule has 0 aliphatic heterocycles. The van der Waals surface area contributed by atoms with Gasteiger partial charge >= 0.3 is 0 Å². The van der Waals surface area contributed by atoms with E-state index in [0.29, 0.717) is 0 Å². The molecule has 0 aliphatic carbocycles. The topological polar surface area (TPSA) is 29.5 Å². The van der Waals surface area contributed by atoms with E-state index in [4.69, 9.17) is 8.83 Å². The second-order valence-electron chi connectivity index (χ2n) is 14.1. The number of hydrogen-bond acceptors (Lipinski definition) is 3. The molecule has 0 saturated heterocycles. The van der Waals surface area contributed by atoms with Gasteiger partial charge in [0.2, 0.25) is 0 Å². The smallest absolute Gasteiger partial charge is 0.137 e. The maximum atomic E-state index is 6.50. The van der Waals surface area contributed by atoms with Gasteiger partial charge in [0, 0.05) is 27.4 Å². The molecule has 0 radical (unpaired) electrons. The molecule has 0 unspecified atom stereocenters. The molecule has 0 fully saturated rings. The summed E-state index contributed by atoms with van der Waals surface area (Å²) in [4.78, 5) is 2.42. The molecule has 0 spiro atoms. The Hall–Kier alpha value is -7.36. The zero-order valence-electron chi connectivity index (χ0n) is 29.8. The number of para-hydroxylation sites is 2. The highest BCUT2D eigenvalue weighted by molar-refractivity contribution is 6.15. The molecule has 3 heteroatoms. The summed E-state index contributed by atoms with van der Waals surface area (Å²) in [5, 5.41) is 6.82. The van der Waals surface area contributed by atoms with Crippen molar-refractivity contribution >= 4 is 71.7 Å². The molecule has 0 amide bonds. The van der Waals surface area contributed by atoms with Gasteiger partial charge in [-0.15, -0.1) is 0 Å². The van der Waals surface area contributed by atoms with Crippen LogP contribution in [0.4, 0.5) is 17.1 Å². The molecule has 0 atom stereocenters. The Morgan fingerprint density at radius 2 is 0.909 bits per heavy atom. The maximum Gasteiger partial charge on any atom is 0.137 e. The quantitative estimate of drug-likeness (QED) is 0.173. The van der Waals surface area contributed by atoms with Crippen LogP contribution in [-0.4, -0.2) is 0 Å². The lowest BCUT2D eigenvalue weighted by atomic mass is 9.94. The zero-order chi connectivity index (χ0) is 36.3. The van der Waals surface area contributed by atoms with Gasteiger partial charge in [0.1, 0.15) is 22.3 Å². The van der Waals surface area contributed by atoms with Crippen molar-refractivity contribution in [2.45, 2.75) is 0 Å². The Bertz CT molecular complexity index is 3220. The van der Waals surface area contributed by atoms with Gasteiger partial charge in [-0.3, -0.25) is 0 Å². The minimum Gasteiger partial charge on any atom is -0.456 e. The number of benzene rings is 9. The molecular formula is C52H33NO2. The monoisotopic (exact) mass is 703 g/mol. The summed E-state index contributed by atoms with van der Waals surface area (Å²) in [6.07, 6.45) is 0. The van der Waals surface area contributed by atoms with E-state index in [-0.39, 0.29) is 0 Å². The highest BCUT2D eigenvalue weighted by Crippen LogP contribution is 2.48. The Labute approximate surface area is 317 Å². The fourth-order valence-electron chi connectivity index (χ4n) is 8.30. The summed E-state index contributed by atoms with van der Waals surface area (Å²) in [5.74, 6) is 0. The summed E-state index contributed by atoms with van der Waals surface area (Å²) in [5.41, 5.74) is 13.4. The van der Waals surface area contributed by atoms with Gasteiger partial charge < -0.3 is 13.7 Å². The van der Waals surface area contributed by atoms with Gasteiger partial charge in [-0.25, -0.2) is 0 Å². The summed E-state index contributed by atoms with van der Waals surface area (Å²) in [6, 6.07) is 71.1. The van der Waals surface area contributed by atoms with Crippen LogP contribution in [0.1, 0.15) is 0 Å². The van der Waals surface area contributed by atoms with Crippen LogP contribution >= 0.6 is 0 Å². The summed E-state index contributed by atoms with van der Waals surface area (Å²) >= 11 is 0. The van der Waals surface area contributed by atoms with Crippen LogP contribution in [0, 0.1) is 0 Å². The summed E-state index contributed by atoms with van der Waals surface area (Å²) in [6.45, 7) is 0. The van der Waals surface area contributed by atoms with Crippen LogP contribution in [-0.2, 0) is 0 Å². The van der Waals surface area contributed by atoms with E-state index in [1.54, 1.807) is 0 Å². The number of fused-ring (bicyclic) bond motifs is 7. The number of furan rings is 2. The Morgan fingerprint density at radius 1 is 0.309 bits per heavy atom. The molecule has 55 heavy (non-hydrogen) atoms. The number of rotatable bonds is 6. The van der Waals surface area contributed by atoms with Crippen LogP contribution in [0.25, 0.3) is 88.0 Å². The number of anilines is 3. The van der Waals surface area contributed by atoms with Crippen LogP contribution in [0.15, 0.2) is 209 Å². The standard InChI is InChI=1S/C52H33NO2/c1-2-14-35(15-3-1)41-30-29-38(37-28-27-34-13-4-5-16-36(34)31-37)33-46(41)53(45-22-12-26-50-52(45)44-20-7-9-24-48(44)55-50)40-18-10-17-39(32-40)42-21-11-25-49-51(42)43-19-6-8-23-47(43)54-49/h1-33H. The van der Waals surface area contributed by atoms with Crippen LogP contribution < -0.4 is 4.90 Å². The second kappa shape index (κ2) is 12.6. The first kappa shape index (κ1) is 31.2. The molecule has 0 aliphatic rings. The predicted octanol–water partition coefficient (Wildman–Crippen LogP) is 15.1. The van der Waals surface area contributed by atoms with E-state index in [1.807, 2.05) is 18.2 Å². The van der Waals surface area contributed by atoms with Crippen LogP contribution in [0.5, 0.6) is 0 Å². The van der Waals surface area contributed by atoms with Gasteiger partial charge in [0.25, 0.3) is 0 Å². The Kier molecular flexibility index (Phi) is 7.17. The van der Waals surface area contributed by atoms with Crippen molar-refractivity contribution in [3.8, 4) is 33.4 Å². The van der Waals surface area contributed by atoms with E-state index in [9.17, 15) is 0 Å². The van der Waals surface area contributed by atoms with Crippen molar-refractivity contribution in [2.75, 3.05) is 4.90 Å². The molecular weight excluding hydrogens is 671 g/mol. The van der Waals surface area contributed by atoms with Crippen molar-refractivity contribution in [2.24, 2.45) is 0 Å². The van der Waals surface area contributed by atoms with Gasteiger partial charge in [0.15, 0.2) is 0 Å². The van der Waals surface area contributed by atoms with Gasteiger partial charge in [-0.1, -0.05) is 146 Å². The molecule has 0 N–H and O–H groups in total. The van der Waals surface area contributed by atoms with Crippen molar-refractivity contribution in [1.82, 2.24) is 0 Å². The van der Waals surface area contributed by atoms with Gasteiger partial charge in [-0.05, 0) is 93.2 Å². The van der Waals surface area contributed by atoms with E-state index in [1.165, 1.54) is 16.3 Å². The Balaban J connectivity index is 1.21. The molecule has 0 bridgehead atoms. The Morgan fingerprint density at radius 3 is 1.73 bits per heavy atom. The third kappa shape index (κ3) is 5.20. The normalized spacial score (nSPS) is 11.6. The number of hydrogen-bond donors (Lipinski definition) is 0. The molecule has 258 valence electrons. The molecule has 9 aromatic carbocycles. The lowest BCUT2D eigenvalue weighted by Gasteiger charge is -2.29. The van der Waals surface area contributed by atoms with Crippen molar-refractivity contribution in [3.05, 3.63) is 200 Å². The minimum atomic E-state index is 0.849. The molecule has 2 aromatic heterocycles. The van der Waals surface area contributed by atoms with Crippen molar-refractivity contribution in [1.29, 1.82) is 0 Å². The second-order valence-corrected chi connectivity index (χ2v) is 14.1. The zero-order valence-corrected chi connectivity index (χ0v) is 29.8. The highest BCUT2D eigenvalue weighted by Gasteiger charge is 2.23. The summed E-state index contributed by atoms with van der Waals surface area (Å²) in [7, 11) is 0. The van der Waals surface area contributed by atoms with Gasteiger partial charge in [0.05, 0.1) is 16.8 Å². The van der Waals surface area contributed by atoms with E-state index >= 15 is 0 Å². The lowest BCUT2D eigenvalue weighted by molar-refractivity contribution is 0.668. The largest absolute Gasteiger partial charge is 0.456 e. The SMILES string of the molecule is c1ccc(-c2ccc(-c3ccc4ccccc4c3)cc2N(c2cccc(-c3cccc4oc5ccccc5c34)c2)c2cccc3oc4ccccc4c23)cc1. The fraction of sp³-hybridized carbons (Fsp3) is 0. The maximum absolute atomic E-state index is 6.50. The molecule has 0 saturated carbocycles. The molecule has 2 heterocycles. The lowest BCUT2D eigenvalue weighted by Crippen LogP contribution is -2.12. The van der Waals surface area contributed by atoms with Gasteiger partial charge in [-0.2, -0.15) is 0 Å². The fourth-order valence-corrected chi connectivity index (χ4v) is 8.30. The third-order valence-electron chi connectivity index (χ3n) is 10.8. The average molecular weight is 704 g/mol. The van der Waals surface area contributed by atoms with Crippen molar-refractivity contribution < 1.29 is 8.83 Å². The first-order valence-corrected chi connectivity index (χ1v) is 18.7.